The highest BCUT2D eigenvalue weighted by molar-refractivity contribution is 9.10. The minimum Gasteiger partial charge on any atom is -0.485 e. The number of benzene rings is 2. The molecule has 0 radical (unpaired) electrons. The molecule has 0 amide bonds. The van der Waals surface area contributed by atoms with E-state index in [0.717, 1.165) is 15.6 Å². The van der Waals surface area contributed by atoms with E-state index >= 15 is 0 Å². The summed E-state index contributed by atoms with van der Waals surface area (Å²) >= 11 is 9.35. The number of hydrogen-bond donors (Lipinski definition) is 1. The summed E-state index contributed by atoms with van der Waals surface area (Å²) in [7, 11) is 0. The van der Waals surface area contributed by atoms with Crippen LogP contribution in [0.25, 0.3) is 0 Å². The van der Waals surface area contributed by atoms with Gasteiger partial charge in [-0.2, -0.15) is 0 Å². The van der Waals surface area contributed by atoms with Crippen molar-refractivity contribution in [1.29, 1.82) is 0 Å². The van der Waals surface area contributed by atoms with Crippen LogP contribution >= 0.6 is 27.5 Å². The van der Waals surface area contributed by atoms with Gasteiger partial charge in [-0.3, -0.25) is 0 Å². The topological polar surface area (TPSA) is 29.5 Å². The van der Waals surface area contributed by atoms with Gasteiger partial charge in [0.25, 0.3) is 0 Å². The van der Waals surface area contributed by atoms with Crippen molar-refractivity contribution in [2.45, 2.75) is 18.6 Å². The van der Waals surface area contributed by atoms with Crippen molar-refractivity contribution in [3.05, 3.63) is 63.1 Å². The predicted octanol–water partition coefficient (Wildman–Crippen LogP) is 4.66. The number of aliphatic hydroxyl groups excluding tert-OH is 1. The highest BCUT2D eigenvalue weighted by Crippen LogP contribution is 2.41. The molecule has 19 heavy (non-hydrogen) atoms. The van der Waals surface area contributed by atoms with Crippen molar-refractivity contribution in [3.63, 3.8) is 0 Å². The van der Waals surface area contributed by atoms with Crippen LogP contribution in [0.4, 0.5) is 0 Å². The third-order valence-electron chi connectivity index (χ3n) is 3.28. The number of aliphatic hydroxyl groups is 1. The molecule has 0 aliphatic carbocycles. The summed E-state index contributed by atoms with van der Waals surface area (Å²) in [5.41, 5.74) is 1.82. The normalized spacial score (nSPS) is 21.6. The van der Waals surface area contributed by atoms with Crippen LogP contribution in [0.2, 0.25) is 5.02 Å². The maximum absolute atomic E-state index is 10.2. The molecule has 0 bridgehead atoms. The summed E-state index contributed by atoms with van der Waals surface area (Å²) < 4.78 is 6.98. The first-order valence-electron chi connectivity index (χ1n) is 6.03. The minimum absolute atomic E-state index is 0.128. The largest absolute Gasteiger partial charge is 0.485 e. The molecule has 1 heterocycles. The van der Waals surface area contributed by atoms with Gasteiger partial charge < -0.3 is 9.84 Å². The van der Waals surface area contributed by atoms with Gasteiger partial charge in [0.1, 0.15) is 11.9 Å². The second-order valence-electron chi connectivity index (χ2n) is 4.59. The van der Waals surface area contributed by atoms with Gasteiger partial charge >= 0.3 is 0 Å². The number of ether oxygens (including phenoxy) is 1. The maximum Gasteiger partial charge on any atom is 0.127 e. The third kappa shape index (κ3) is 2.64. The van der Waals surface area contributed by atoms with Crippen LogP contribution in [-0.2, 0) is 0 Å². The van der Waals surface area contributed by atoms with Crippen LogP contribution < -0.4 is 4.74 Å². The molecule has 0 saturated carbocycles. The summed E-state index contributed by atoms with van der Waals surface area (Å²) in [6.45, 7) is 0. The van der Waals surface area contributed by atoms with E-state index in [0.29, 0.717) is 17.2 Å². The molecule has 98 valence electrons. The van der Waals surface area contributed by atoms with Gasteiger partial charge in [0.05, 0.1) is 6.10 Å². The van der Waals surface area contributed by atoms with E-state index in [1.807, 2.05) is 30.3 Å². The maximum atomic E-state index is 10.2. The number of hydrogen-bond acceptors (Lipinski definition) is 2. The molecule has 0 fully saturated rings. The zero-order valence-corrected chi connectivity index (χ0v) is 12.4. The summed E-state index contributed by atoms with van der Waals surface area (Å²) in [5, 5.41) is 10.8. The Labute approximate surface area is 125 Å². The van der Waals surface area contributed by atoms with Crippen LogP contribution in [0.5, 0.6) is 5.75 Å². The molecule has 2 atom stereocenters. The molecule has 1 aliphatic heterocycles. The van der Waals surface area contributed by atoms with E-state index < -0.39 is 6.10 Å². The zero-order valence-electron chi connectivity index (χ0n) is 10.0. The van der Waals surface area contributed by atoms with Gasteiger partial charge in [-0.1, -0.05) is 39.7 Å². The Hall–Kier alpha value is -1.03. The Morgan fingerprint density at radius 3 is 2.63 bits per heavy atom. The fourth-order valence-electron chi connectivity index (χ4n) is 2.30. The highest BCUT2D eigenvalue weighted by atomic mass is 79.9. The van der Waals surface area contributed by atoms with Gasteiger partial charge in [-0.25, -0.2) is 0 Å². The monoisotopic (exact) mass is 338 g/mol. The summed E-state index contributed by atoms with van der Waals surface area (Å²) in [6, 6.07) is 13.3. The van der Waals surface area contributed by atoms with Crippen molar-refractivity contribution in [2.75, 3.05) is 0 Å². The van der Waals surface area contributed by atoms with Crippen molar-refractivity contribution in [2.24, 2.45) is 0 Å². The minimum atomic E-state index is -0.545. The van der Waals surface area contributed by atoms with E-state index in [9.17, 15) is 5.11 Å². The van der Waals surface area contributed by atoms with Crippen molar-refractivity contribution >= 4 is 27.5 Å². The van der Waals surface area contributed by atoms with Gasteiger partial charge in [-0.05, 0) is 35.9 Å². The molecular weight excluding hydrogens is 328 g/mol. The molecule has 2 aromatic carbocycles. The van der Waals surface area contributed by atoms with Crippen LogP contribution in [0, 0.1) is 0 Å². The number of fused-ring (bicyclic) bond motifs is 1. The average Bonchev–Trinajstić information content (AvgIpc) is 2.40. The quantitative estimate of drug-likeness (QED) is 0.819. The third-order valence-corrected chi connectivity index (χ3v) is 4.04. The fraction of sp³-hybridized carbons (Fsp3) is 0.200. The molecular formula is C15H12BrClO2. The van der Waals surface area contributed by atoms with Crippen LogP contribution in [0.1, 0.15) is 29.8 Å². The lowest BCUT2D eigenvalue weighted by atomic mass is 9.95. The van der Waals surface area contributed by atoms with Gasteiger partial charge in [0, 0.05) is 21.5 Å². The molecule has 0 spiro atoms. The zero-order chi connectivity index (χ0) is 13.4. The predicted molar refractivity (Wildman–Crippen MR) is 78.5 cm³/mol. The average molecular weight is 340 g/mol. The molecule has 2 nitrogen and oxygen atoms in total. The number of rotatable bonds is 1. The fourth-order valence-corrected chi connectivity index (χ4v) is 2.74. The van der Waals surface area contributed by atoms with Crippen molar-refractivity contribution in [3.8, 4) is 5.75 Å². The van der Waals surface area contributed by atoms with Crippen LogP contribution in [0.15, 0.2) is 46.9 Å². The Balaban J connectivity index is 1.92. The molecule has 4 heteroatoms. The van der Waals surface area contributed by atoms with E-state index in [4.69, 9.17) is 16.3 Å². The first kappa shape index (κ1) is 13.0. The molecule has 2 aromatic rings. The van der Waals surface area contributed by atoms with Gasteiger partial charge in [0.2, 0.25) is 0 Å². The molecule has 0 aromatic heterocycles. The second-order valence-corrected chi connectivity index (χ2v) is 5.94. The Morgan fingerprint density at radius 1 is 1.16 bits per heavy atom. The molecule has 0 saturated heterocycles. The smallest absolute Gasteiger partial charge is 0.127 e. The van der Waals surface area contributed by atoms with Crippen LogP contribution in [-0.4, -0.2) is 5.11 Å². The highest BCUT2D eigenvalue weighted by Gasteiger charge is 2.28. The lowest BCUT2D eigenvalue weighted by Crippen LogP contribution is -2.18. The molecule has 3 rings (SSSR count). The summed E-state index contributed by atoms with van der Waals surface area (Å²) in [4.78, 5) is 0. The Morgan fingerprint density at radius 2 is 1.89 bits per heavy atom. The van der Waals surface area contributed by atoms with E-state index in [1.54, 1.807) is 12.1 Å². The summed E-state index contributed by atoms with van der Waals surface area (Å²) in [5.74, 6) is 0.705. The van der Waals surface area contributed by atoms with Gasteiger partial charge in [0.15, 0.2) is 0 Å². The van der Waals surface area contributed by atoms with E-state index in [2.05, 4.69) is 15.9 Å². The lowest BCUT2D eigenvalue weighted by molar-refractivity contribution is 0.0657. The standard InChI is InChI=1S/C15H12BrClO2/c16-10-3-1-9(2-4-10)15-8-13(18)12-7-11(17)5-6-14(12)19-15/h1-7,13,15,18H,8H2/t13-,15?/m1/s1. The second kappa shape index (κ2) is 5.16. The SMILES string of the molecule is O[C@@H]1CC(c2ccc(Br)cc2)Oc2ccc(Cl)cc21. The van der Waals surface area contributed by atoms with Gasteiger partial charge in [-0.15, -0.1) is 0 Å². The Kier molecular flexibility index (Phi) is 3.52. The van der Waals surface area contributed by atoms with Crippen LogP contribution in [0.3, 0.4) is 0 Å². The summed E-state index contributed by atoms with van der Waals surface area (Å²) in [6.07, 6.45) is -0.137. The van der Waals surface area contributed by atoms with Crippen molar-refractivity contribution < 1.29 is 9.84 Å². The lowest BCUT2D eigenvalue weighted by Gasteiger charge is -2.30. The van der Waals surface area contributed by atoms with Crippen molar-refractivity contribution in [1.82, 2.24) is 0 Å². The molecule has 1 aliphatic rings. The molecule has 1 unspecified atom stereocenters. The first-order chi connectivity index (χ1) is 9.13. The van der Waals surface area contributed by atoms with E-state index in [-0.39, 0.29) is 6.10 Å². The number of halogens is 2. The molecule has 1 N–H and O–H groups in total. The first-order valence-corrected chi connectivity index (χ1v) is 7.20. The Bertz CT molecular complexity index is 598. The van der Waals surface area contributed by atoms with E-state index in [1.165, 1.54) is 0 Å².